The second kappa shape index (κ2) is 7.00. The summed E-state index contributed by atoms with van der Waals surface area (Å²) < 4.78 is 0. The number of rotatable bonds is 6. The molecule has 110 valence electrons. The summed E-state index contributed by atoms with van der Waals surface area (Å²) in [7, 11) is 1.63. The van der Waals surface area contributed by atoms with E-state index >= 15 is 0 Å². The average Bonchev–Trinajstić information content (AvgIpc) is 2.38. The van der Waals surface area contributed by atoms with Gasteiger partial charge in [0, 0.05) is 31.1 Å². The van der Waals surface area contributed by atoms with Crippen molar-refractivity contribution in [3.8, 4) is 0 Å². The number of hydrogen-bond acceptors (Lipinski definition) is 4. The number of nitrogens with zero attached hydrogens (tertiary/aromatic N) is 2. The van der Waals surface area contributed by atoms with Crippen LogP contribution < -0.4 is 5.73 Å². The van der Waals surface area contributed by atoms with Crippen molar-refractivity contribution >= 4 is 11.6 Å². The summed E-state index contributed by atoms with van der Waals surface area (Å²) in [5.41, 5.74) is 6.42. The molecule has 0 saturated carbocycles. The lowest BCUT2D eigenvalue weighted by Crippen LogP contribution is -2.35. The van der Waals surface area contributed by atoms with Crippen LogP contribution in [0.5, 0.6) is 0 Å². The van der Waals surface area contributed by atoms with Crippen molar-refractivity contribution in [3.05, 3.63) is 39.9 Å². The third kappa shape index (κ3) is 4.31. The van der Waals surface area contributed by atoms with Gasteiger partial charge < -0.3 is 10.6 Å². The lowest BCUT2D eigenvalue weighted by atomic mass is 10.0. The minimum Gasteiger partial charge on any atom is -0.341 e. The van der Waals surface area contributed by atoms with Crippen molar-refractivity contribution in [1.82, 2.24) is 4.90 Å². The summed E-state index contributed by atoms with van der Waals surface area (Å²) in [6.07, 6.45) is 0.245. The Kier molecular flexibility index (Phi) is 5.64. The van der Waals surface area contributed by atoms with Gasteiger partial charge in [0.05, 0.1) is 11.5 Å². The molecule has 6 heteroatoms. The Bertz CT molecular complexity index is 488. The van der Waals surface area contributed by atoms with Gasteiger partial charge in [-0.2, -0.15) is 0 Å². The highest BCUT2D eigenvalue weighted by molar-refractivity contribution is 5.76. The SMILES string of the molecule is CC(C)C(N)CC(=O)N(C)Cc1ccccc1[N+](=O)[O-]. The molecule has 0 fully saturated rings. The van der Waals surface area contributed by atoms with Gasteiger partial charge in [-0.3, -0.25) is 14.9 Å². The molecule has 0 bridgehead atoms. The van der Waals surface area contributed by atoms with Crippen molar-refractivity contribution in [2.24, 2.45) is 11.7 Å². The van der Waals surface area contributed by atoms with Gasteiger partial charge in [-0.15, -0.1) is 0 Å². The zero-order chi connectivity index (χ0) is 15.3. The number of amides is 1. The van der Waals surface area contributed by atoms with Crippen molar-refractivity contribution in [3.63, 3.8) is 0 Å². The number of para-hydroxylation sites is 1. The summed E-state index contributed by atoms with van der Waals surface area (Å²) in [4.78, 5) is 24.0. The van der Waals surface area contributed by atoms with E-state index in [4.69, 9.17) is 5.73 Å². The third-order valence-corrected chi connectivity index (χ3v) is 3.29. The molecular weight excluding hydrogens is 258 g/mol. The van der Waals surface area contributed by atoms with E-state index in [1.54, 1.807) is 25.2 Å². The van der Waals surface area contributed by atoms with Gasteiger partial charge in [0.15, 0.2) is 0 Å². The molecule has 0 saturated heterocycles. The quantitative estimate of drug-likeness (QED) is 0.636. The number of benzene rings is 1. The van der Waals surface area contributed by atoms with Crippen molar-refractivity contribution < 1.29 is 9.72 Å². The highest BCUT2D eigenvalue weighted by Crippen LogP contribution is 2.19. The predicted molar refractivity (Wildman–Crippen MR) is 77.0 cm³/mol. The smallest absolute Gasteiger partial charge is 0.274 e. The highest BCUT2D eigenvalue weighted by Gasteiger charge is 2.19. The van der Waals surface area contributed by atoms with Crippen LogP contribution in [0.3, 0.4) is 0 Å². The molecule has 1 rings (SSSR count). The average molecular weight is 279 g/mol. The van der Waals surface area contributed by atoms with Crippen LogP contribution in [-0.2, 0) is 11.3 Å². The largest absolute Gasteiger partial charge is 0.341 e. The Morgan fingerprint density at radius 3 is 2.55 bits per heavy atom. The molecule has 1 unspecified atom stereocenters. The van der Waals surface area contributed by atoms with Crippen molar-refractivity contribution in [2.75, 3.05) is 7.05 Å². The predicted octanol–water partition coefficient (Wildman–Crippen LogP) is 1.93. The Labute approximate surface area is 118 Å². The van der Waals surface area contributed by atoms with Crippen LogP contribution in [0, 0.1) is 16.0 Å². The fourth-order valence-corrected chi connectivity index (χ4v) is 1.76. The van der Waals surface area contributed by atoms with Crippen LogP contribution in [0.15, 0.2) is 24.3 Å². The molecule has 1 atom stereocenters. The summed E-state index contributed by atoms with van der Waals surface area (Å²) >= 11 is 0. The van der Waals surface area contributed by atoms with Gasteiger partial charge >= 0.3 is 0 Å². The first-order chi connectivity index (χ1) is 9.32. The monoisotopic (exact) mass is 279 g/mol. The van der Waals surface area contributed by atoms with E-state index < -0.39 is 4.92 Å². The van der Waals surface area contributed by atoms with Crippen molar-refractivity contribution in [2.45, 2.75) is 32.9 Å². The summed E-state index contributed by atoms with van der Waals surface area (Å²) in [5, 5.41) is 10.9. The standard InChI is InChI=1S/C14H21N3O3/c1-10(2)12(15)8-14(18)16(3)9-11-6-4-5-7-13(11)17(19)20/h4-7,10,12H,8-9,15H2,1-3H3. The van der Waals surface area contributed by atoms with Gasteiger partial charge in [-0.05, 0) is 5.92 Å². The Morgan fingerprint density at radius 2 is 2.00 bits per heavy atom. The Morgan fingerprint density at radius 1 is 1.40 bits per heavy atom. The fourth-order valence-electron chi connectivity index (χ4n) is 1.76. The van der Waals surface area contributed by atoms with Gasteiger partial charge in [-0.1, -0.05) is 32.0 Å². The van der Waals surface area contributed by atoms with Gasteiger partial charge in [0.2, 0.25) is 5.91 Å². The molecule has 0 radical (unpaired) electrons. The third-order valence-electron chi connectivity index (χ3n) is 3.29. The molecule has 0 aliphatic heterocycles. The first-order valence-electron chi connectivity index (χ1n) is 6.54. The van der Waals surface area contributed by atoms with Crippen molar-refractivity contribution in [1.29, 1.82) is 0 Å². The second-order valence-corrected chi connectivity index (χ2v) is 5.25. The van der Waals surface area contributed by atoms with Gasteiger partial charge in [-0.25, -0.2) is 0 Å². The molecular formula is C14H21N3O3. The maximum Gasteiger partial charge on any atom is 0.274 e. The zero-order valence-electron chi connectivity index (χ0n) is 12.1. The van der Waals surface area contributed by atoms with Gasteiger partial charge in [0.1, 0.15) is 0 Å². The van der Waals surface area contributed by atoms with Crippen LogP contribution in [0.25, 0.3) is 0 Å². The minimum absolute atomic E-state index is 0.0281. The fraction of sp³-hybridized carbons (Fsp3) is 0.500. The number of carbonyl (C=O) groups is 1. The van der Waals surface area contributed by atoms with E-state index in [9.17, 15) is 14.9 Å². The first kappa shape index (κ1) is 16.1. The number of nitro groups is 1. The maximum absolute atomic E-state index is 12.0. The number of carbonyl (C=O) groups excluding carboxylic acids is 1. The summed E-state index contributed by atoms with van der Waals surface area (Å²) in [5.74, 6) is 0.114. The maximum atomic E-state index is 12.0. The van der Waals surface area contributed by atoms with E-state index in [-0.39, 0.29) is 36.5 Å². The lowest BCUT2D eigenvalue weighted by molar-refractivity contribution is -0.385. The number of nitrogens with two attached hydrogens (primary N) is 1. The molecule has 0 aliphatic carbocycles. The molecule has 0 aromatic heterocycles. The molecule has 0 heterocycles. The molecule has 0 aliphatic rings. The normalized spacial score (nSPS) is 12.2. The van der Waals surface area contributed by atoms with Crippen LogP contribution in [0.2, 0.25) is 0 Å². The second-order valence-electron chi connectivity index (χ2n) is 5.25. The summed E-state index contributed by atoms with van der Waals surface area (Å²) in [6.45, 7) is 4.13. The van der Waals surface area contributed by atoms with E-state index in [1.807, 2.05) is 13.8 Å². The summed E-state index contributed by atoms with van der Waals surface area (Å²) in [6, 6.07) is 6.23. The van der Waals surface area contributed by atoms with Crippen LogP contribution in [-0.4, -0.2) is 28.8 Å². The molecule has 1 aromatic carbocycles. The van der Waals surface area contributed by atoms with Crippen LogP contribution >= 0.6 is 0 Å². The minimum atomic E-state index is -0.437. The van der Waals surface area contributed by atoms with E-state index in [0.717, 1.165) is 0 Å². The zero-order valence-corrected chi connectivity index (χ0v) is 12.1. The molecule has 20 heavy (non-hydrogen) atoms. The van der Waals surface area contributed by atoms with Crippen LogP contribution in [0.4, 0.5) is 5.69 Å². The Balaban J connectivity index is 2.73. The van der Waals surface area contributed by atoms with E-state index in [1.165, 1.54) is 11.0 Å². The molecule has 6 nitrogen and oxygen atoms in total. The molecule has 0 spiro atoms. The van der Waals surface area contributed by atoms with E-state index in [2.05, 4.69) is 0 Å². The number of hydrogen-bond donors (Lipinski definition) is 1. The van der Waals surface area contributed by atoms with Gasteiger partial charge in [0.25, 0.3) is 5.69 Å². The molecule has 1 amide bonds. The first-order valence-corrected chi connectivity index (χ1v) is 6.54. The van der Waals surface area contributed by atoms with Crippen LogP contribution in [0.1, 0.15) is 25.8 Å². The molecule has 2 N–H and O–H groups in total. The lowest BCUT2D eigenvalue weighted by Gasteiger charge is -2.21. The topological polar surface area (TPSA) is 89.5 Å². The van der Waals surface area contributed by atoms with E-state index in [0.29, 0.717) is 5.56 Å². The number of nitro benzene ring substituents is 1. The highest BCUT2D eigenvalue weighted by atomic mass is 16.6. The molecule has 1 aromatic rings. The Hall–Kier alpha value is -1.95.